The van der Waals surface area contributed by atoms with E-state index in [0.717, 1.165) is 28.5 Å². The second-order valence-electron chi connectivity index (χ2n) is 8.45. The number of fused-ring (bicyclic) bond motifs is 1. The Labute approximate surface area is 194 Å². The predicted molar refractivity (Wildman–Crippen MR) is 135 cm³/mol. The van der Waals surface area contributed by atoms with Crippen LogP contribution in [0.1, 0.15) is 43.4 Å². The quantitative estimate of drug-likeness (QED) is 0.344. The van der Waals surface area contributed by atoms with Gasteiger partial charge in [-0.3, -0.25) is 4.57 Å². The van der Waals surface area contributed by atoms with Crippen molar-refractivity contribution < 1.29 is 4.74 Å². The van der Waals surface area contributed by atoms with Crippen LogP contribution < -0.4 is 10.4 Å². The van der Waals surface area contributed by atoms with Crippen LogP contribution in [0.25, 0.3) is 22.2 Å². The molecule has 0 N–H and O–H groups in total. The van der Waals surface area contributed by atoms with E-state index >= 15 is 0 Å². The molecule has 33 heavy (non-hydrogen) atoms. The number of benzene rings is 3. The van der Waals surface area contributed by atoms with E-state index in [2.05, 4.69) is 68.1 Å². The number of aryl methyl sites for hydroxylation is 1. The molecule has 0 atom stereocenters. The predicted octanol–water partition coefficient (Wildman–Crippen LogP) is 5.81. The van der Waals surface area contributed by atoms with Crippen molar-refractivity contribution >= 4 is 10.9 Å². The highest BCUT2D eigenvalue weighted by Crippen LogP contribution is 2.30. The van der Waals surface area contributed by atoms with E-state index in [-0.39, 0.29) is 12.3 Å². The summed E-state index contributed by atoms with van der Waals surface area (Å²) < 4.78 is 7.38. The molecule has 0 saturated carbocycles. The topological polar surface area (TPSA) is 44.1 Å². The number of rotatable bonds is 7. The Morgan fingerprint density at radius 3 is 2.33 bits per heavy atom. The maximum Gasteiger partial charge on any atom is 0.348 e. The largest absolute Gasteiger partial charge is 0.481 e. The van der Waals surface area contributed by atoms with Gasteiger partial charge in [-0.2, -0.15) is 4.98 Å². The molecule has 1 aromatic heterocycles. The van der Waals surface area contributed by atoms with Crippen molar-refractivity contribution in [1.82, 2.24) is 9.55 Å². The minimum Gasteiger partial charge on any atom is -0.481 e. The van der Waals surface area contributed by atoms with Crippen molar-refractivity contribution in [2.24, 2.45) is 0 Å². The lowest BCUT2D eigenvalue weighted by molar-refractivity contribution is 0.371. The van der Waals surface area contributed by atoms with Gasteiger partial charge in [0.2, 0.25) is 0 Å². The standard InChI is InChI=1S/C29H28N2O2/c1-5-17-33-25-15-16-27-26(18-25)28(24-13-11-23(12-14-24)20(3)4)30-29(32)31(27)19-22-9-7-21(6-2)8-10-22/h1,7-16,18,20H,6,17,19H2,2-4H3. The zero-order valence-electron chi connectivity index (χ0n) is 19.3. The molecule has 0 fully saturated rings. The van der Waals surface area contributed by atoms with Crippen LogP contribution in [0.5, 0.6) is 5.75 Å². The van der Waals surface area contributed by atoms with Gasteiger partial charge in [0.15, 0.2) is 0 Å². The highest BCUT2D eigenvalue weighted by molar-refractivity contribution is 5.93. The molecule has 0 amide bonds. The molecule has 0 unspecified atom stereocenters. The minimum absolute atomic E-state index is 0.181. The van der Waals surface area contributed by atoms with Crippen molar-refractivity contribution in [3.8, 4) is 29.4 Å². The first-order valence-electron chi connectivity index (χ1n) is 11.3. The van der Waals surface area contributed by atoms with Crippen molar-refractivity contribution in [2.75, 3.05) is 6.61 Å². The van der Waals surface area contributed by atoms with Crippen molar-refractivity contribution in [3.05, 3.63) is 93.9 Å². The highest BCUT2D eigenvalue weighted by atomic mass is 16.5. The Morgan fingerprint density at radius 2 is 1.70 bits per heavy atom. The van der Waals surface area contributed by atoms with Crippen LogP contribution in [0.15, 0.2) is 71.5 Å². The molecule has 4 nitrogen and oxygen atoms in total. The Bertz CT molecular complexity index is 1360. The van der Waals surface area contributed by atoms with E-state index in [0.29, 0.717) is 23.9 Å². The molecule has 4 aromatic rings. The third kappa shape index (κ3) is 4.83. The molecule has 166 valence electrons. The summed E-state index contributed by atoms with van der Waals surface area (Å²) in [6.45, 7) is 7.07. The Morgan fingerprint density at radius 1 is 1.00 bits per heavy atom. The van der Waals surface area contributed by atoms with Crippen LogP contribution in [0.3, 0.4) is 0 Å². The summed E-state index contributed by atoms with van der Waals surface area (Å²) in [4.78, 5) is 17.7. The smallest absolute Gasteiger partial charge is 0.348 e. The number of terminal acetylenes is 1. The van der Waals surface area contributed by atoms with E-state index < -0.39 is 0 Å². The molecule has 0 aliphatic rings. The first kappa shape index (κ1) is 22.4. The van der Waals surface area contributed by atoms with E-state index in [1.54, 1.807) is 4.57 Å². The van der Waals surface area contributed by atoms with Gasteiger partial charge >= 0.3 is 5.69 Å². The summed E-state index contributed by atoms with van der Waals surface area (Å²) >= 11 is 0. The lowest BCUT2D eigenvalue weighted by atomic mass is 9.99. The lowest BCUT2D eigenvalue weighted by Gasteiger charge is -2.15. The zero-order valence-corrected chi connectivity index (χ0v) is 19.3. The number of aromatic nitrogens is 2. The van der Waals surface area contributed by atoms with Gasteiger partial charge in [-0.05, 0) is 47.2 Å². The van der Waals surface area contributed by atoms with Gasteiger partial charge in [0, 0.05) is 10.9 Å². The van der Waals surface area contributed by atoms with E-state index in [9.17, 15) is 4.79 Å². The SMILES string of the molecule is C#CCOc1ccc2c(c1)c(-c1ccc(C(C)C)cc1)nc(=O)n2Cc1ccc(CC)cc1. The van der Waals surface area contributed by atoms with Gasteiger partial charge in [0.25, 0.3) is 0 Å². The van der Waals surface area contributed by atoms with Gasteiger partial charge in [0.1, 0.15) is 12.4 Å². The monoisotopic (exact) mass is 436 g/mol. The highest BCUT2D eigenvalue weighted by Gasteiger charge is 2.14. The molecule has 0 aliphatic carbocycles. The molecule has 3 aromatic carbocycles. The maximum atomic E-state index is 13.2. The number of hydrogen-bond donors (Lipinski definition) is 0. The Hall–Kier alpha value is -3.84. The normalized spacial score (nSPS) is 11.0. The molecule has 0 radical (unpaired) electrons. The summed E-state index contributed by atoms with van der Waals surface area (Å²) in [6.07, 6.45) is 6.35. The van der Waals surface area contributed by atoms with Gasteiger partial charge in [-0.1, -0.05) is 75.2 Å². The number of ether oxygens (including phenoxy) is 1. The molecule has 4 rings (SSSR count). The minimum atomic E-state index is -0.276. The molecule has 0 aliphatic heterocycles. The van der Waals surface area contributed by atoms with Gasteiger partial charge in [0.05, 0.1) is 17.8 Å². The average molecular weight is 437 g/mol. The van der Waals surface area contributed by atoms with Gasteiger partial charge in [-0.15, -0.1) is 6.42 Å². The fourth-order valence-electron chi connectivity index (χ4n) is 3.94. The summed E-state index contributed by atoms with van der Waals surface area (Å²) in [5.74, 6) is 3.58. The van der Waals surface area contributed by atoms with Crippen molar-refractivity contribution in [1.29, 1.82) is 0 Å². The molecule has 0 spiro atoms. The van der Waals surface area contributed by atoms with Gasteiger partial charge < -0.3 is 4.74 Å². The summed E-state index contributed by atoms with van der Waals surface area (Å²) in [6, 6.07) is 22.3. The van der Waals surface area contributed by atoms with E-state index in [4.69, 9.17) is 11.2 Å². The van der Waals surface area contributed by atoms with E-state index in [1.165, 1.54) is 11.1 Å². The lowest BCUT2D eigenvalue weighted by Crippen LogP contribution is -2.24. The number of nitrogens with zero attached hydrogens (tertiary/aromatic N) is 2. The first-order valence-corrected chi connectivity index (χ1v) is 11.3. The van der Waals surface area contributed by atoms with Crippen LogP contribution in [-0.4, -0.2) is 16.2 Å². The third-order valence-corrected chi connectivity index (χ3v) is 5.90. The molecule has 0 bridgehead atoms. The van der Waals surface area contributed by atoms with Crippen LogP contribution in [0.4, 0.5) is 0 Å². The van der Waals surface area contributed by atoms with Crippen molar-refractivity contribution in [2.45, 2.75) is 39.7 Å². The fraction of sp³-hybridized carbons (Fsp3) is 0.241. The molecule has 1 heterocycles. The van der Waals surface area contributed by atoms with Crippen molar-refractivity contribution in [3.63, 3.8) is 0 Å². The summed E-state index contributed by atoms with van der Waals surface area (Å²) in [5, 5.41) is 0.853. The molecule has 0 saturated heterocycles. The number of hydrogen-bond acceptors (Lipinski definition) is 3. The van der Waals surface area contributed by atoms with Crippen LogP contribution >= 0.6 is 0 Å². The second kappa shape index (κ2) is 9.75. The first-order chi connectivity index (χ1) is 16.0. The Kier molecular flexibility index (Phi) is 6.60. The molecular weight excluding hydrogens is 408 g/mol. The average Bonchev–Trinajstić information content (AvgIpc) is 2.84. The summed E-state index contributed by atoms with van der Waals surface area (Å²) in [7, 11) is 0. The molecule has 4 heteroatoms. The third-order valence-electron chi connectivity index (χ3n) is 5.90. The zero-order chi connectivity index (χ0) is 23.4. The molecular formula is C29H28N2O2. The maximum absolute atomic E-state index is 13.2. The van der Waals surface area contributed by atoms with E-state index in [1.807, 2.05) is 30.3 Å². The van der Waals surface area contributed by atoms with Gasteiger partial charge in [-0.25, -0.2) is 4.79 Å². The fourth-order valence-corrected chi connectivity index (χ4v) is 3.94. The van der Waals surface area contributed by atoms with Crippen LogP contribution in [0.2, 0.25) is 0 Å². The Balaban J connectivity index is 1.86. The second-order valence-corrected chi connectivity index (χ2v) is 8.45. The van der Waals surface area contributed by atoms with Crippen LogP contribution in [0, 0.1) is 12.3 Å². The van der Waals surface area contributed by atoms with Crippen LogP contribution in [-0.2, 0) is 13.0 Å². The summed E-state index contributed by atoms with van der Waals surface area (Å²) in [5.41, 5.74) is 5.64.